The lowest BCUT2D eigenvalue weighted by Gasteiger charge is -2.23. The molecule has 0 spiro atoms. The molecule has 0 aliphatic rings. The van der Waals surface area contributed by atoms with Gasteiger partial charge in [-0.3, -0.25) is 0 Å². The summed E-state index contributed by atoms with van der Waals surface area (Å²) in [4.78, 5) is 1.56. The highest BCUT2D eigenvalue weighted by molar-refractivity contribution is 5.28. The Kier molecular flexibility index (Phi) is 6.83. The molecule has 158 valence electrons. The Balaban J connectivity index is 1.78. The molecule has 30 heavy (non-hydrogen) atoms. The van der Waals surface area contributed by atoms with Crippen LogP contribution in [0.15, 0.2) is 78.9 Å². The first-order chi connectivity index (χ1) is 14.1. The van der Waals surface area contributed by atoms with Gasteiger partial charge in [0.05, 0.1) is 0 Å². The Hall–Kier alpha value is -2.38. The van der Waals surface area contributed by atoms with E-state index >= 15 is 0 Å². The third-order valence-corrected chi connectivity index (χ3v) is 5.85. The predicted molar refractivity (Wildman–Crippen MR) is 129 cm³/mol. The van der Waals surface area contributed by atoms with E-state index in [0.29, 0.717) is 0 Å². The molecule has 3 rings (SSSR count). The molecular formula is C29H38N+. The minimum atomic E-state index is 0.198. The molecule has 0 saturated carbocycles. The maximum atomic E-state index is 2.31. The van der Waals surface area contributed by atoms with Gasteiger partial charge in [-0.25, -0.2) is 0 Å². The molecule has 1 heteroatoms. The molecule has 0 saturated heterocycles. The van der Waals surface area contributed by atoms with Crippen LogP contribution in [-0.2, 0) is 30.5 Å². The van der Waals surface area contributed by atoms with Crippen LogP contribution in [0.5, 0.6) is 0 Å². The lowest BCUT2D eigenvalue weighted by molar-refractivity contribution is -0.941. The summed E-state index contributed by atoms with van der Waals surface area (Å²) < 4.78 is 0. The fraction of sp³-hybridized carbons (Fsp3) is 0.379. The van der Waals surface area contributed by atoms with E-state index < -0.39 is 0 Å². The molecule has 1 N–H and O–H groups in total. The number of benzene rings is 3. The summed E-state index contributed by atoms with van der Waals surface area (Å²) in [6.07, 6.45) is 0. The molecule has 0 aliphatic carbocycles. The summed E-state index contributed by atoms with van der Waals surface area (Å²) in [5.74, 6) is 0. The molecule has 1 nitrogen and oxygen atoms in total. The second kappa shape index (κ2) is 9.18. The van der Waals surface area contributed by atoms with Gasteiger partial charge in [0.25, 0.3) is 0 Å². The van der Waals surface area contributed by atoms with Gasteiger partial charge in [-0.15, -0.1) is 0 Å². The minimum Gasteiger partial charge on any atom is -0.324 e. The maximum Gasteiger partial charge on any atom is 0.103 e. The largest absolute Gasteiger partial charge is 0.324 e. The van der Waals surface area contributed by atoms with Crippen LogP contribution in [0.3, 0.4) is 0 Å². The zero-order valence-corrected chi connectivity index (χ0v) is 19.6. The number of hydrogen-bond acceptors (Lipinski definition) is 0. The lowest BCUT2D eigenvalue weighted by atomic mass is 9.86. The topological polar surface area (TPSA) is 4.44 Å². The van der Waals surface area contributed by atoms with Crippen molar-refractivity contribution in [2.24, 2.45) is 0 Å². The SMILES string of the molecule is CC(C)(C)c1ccc(C[NH+](Cc2ccccc2)Cc2ccc(C(C)(C)C)cc2)cc1. The molecule has 0 amide bonds. The summed E-state index contributed by atoms with van der Waals surface area (Å²) in [6, 6.07) is 29.3. The Morgan fingerprint density at radius 1 is 0.467 bits per heavy atom. The minimum absolute atomic E-state index is 0.198. The van der Waals surface area contributed by atoms with Crippen molar-refractivity contribution in [3.8, 4) is 0 Å². The average molecular weight is 401 g/mol. The highest BCUT2D eigenvalue weighted by Gasteiger charge is 2.17. The van der Waals surface area contributed by atoms with Crippen LogP contribution in [0, 0.1) is 0 Å². The molecule has 0 fully saturated rings. The van der Waals surface area contributed by atoms with Gasteiger partial charge in [-0.2, -0.15) is 0 Å². The Morgan fingerprint density at radius 3 is 1.13 bits per heavy atom. The van der Waals surface area contributed by atoms with Gasteiger partial charge in [-0.1, -0.05) is 120 Å². The molecule has 0 aliphatic heterocycles. The van der Waals surface area contributed by atoms with Crippen LogP contribution in [0.2, 0.25) is 0 Å². The van der Waals surface area contributed by atoms with Crippen molar-refractivity contribution in [1.82, 2.24) is 0 Å². The first kappa shape index (κ1) is 22.3. The Labute approximate surface area is 183 Å². The van der Waals surface area contributed by atoms with E-state index in [-0.39, 0.29) is 10.8 Å². The third kappa shape index (κ3) is 6.31. The van der Waals surface area contributed by atoms with E-state index in [1.165, 1.54) is 27.8 Å². The Bertz CT molecular complexity index is 848. The van der Waals surface area contributed by atoms with E-state index in [1.54, 1.807) is 4.90 Å². The van der Waals surface area contributed by atoms with Crippen LogP contribution in [0.1, 0.15) is 69.4 Å². The highest BCUT2D eigenvalue weighted by atomic mass is 15.1. The first-order valence-electron chi connectivity index (χ1n) is 11.2. The van der Waals surface area contributed by atoms with E-state index in [1.807, 2.05) is 0 Å². The van der Waals surface area contributed by atoms with Crippen LogP contribution in [-0.4, -0.2) is 0 Å². The van der Waals surface area contributed by atoms with Crippen molar-refractivity contribution in [1.29, 1.82) is 0 Å². The van der Waals surface area contributed by atoms with Crippen molar-refractivity contribution in [3.05, 3.63) is 107 Å². The number of hydrogen-bond donors (Lipinski definition) is 1. The average Bonchev–Trinajstić information content (AvgIpc) is 2.68. The van der Waals surface area contributed by atoms with Gasteiger partial charge in [0.2, 0.25) is 0 Å². The predicted octanol–water partition coefficient (Wildman–Crippen LogP) is 6.07. The number of quaternary nitrogens is 1. The fourth-order valence-electron chi connectivity index (χ4n) is 3.89. The quantitative estimate of drug-likeness (QED) is 0.512. The van der Waals surface area contributed by atoms with E-state index in [9.17, 15) is 0 Å². The number of nitrogens with one attached hydrogen (secondary N) is 1. The van der Waals surface area contributed by atoms with Gasteiger partial charge in [0, 0.05) is 16.7 Å². The molecule has 3 aromatic carbocycles. The molecule has 3 aromatic rings. The van der Waals surface area contributed by atoms with Crippen molar-refractivity contribution < 1.29 is 4.90 Å². The van der Waals surface area contributed by atoms with E-state index in [4.69, 9.17) is 0 Å². The molecule has 0 atom stereocenters. The van der Waals surface area contributed by atoms with Crippen LogP contribution in [0.25, 0.3) is 0 Å². The number of rotatable bonds is 6. The summed E-state index contributed by atoms with van der Waals surface area (Å²) in [5.41, 5.74) is 7.39. The highest BCUT2D eigenvalue weighted by Crippen LogP contribution is 2.23. The molecule has 0 heterocycles. The van der Waals surface area contributed by atoms with Crippen molar-refractivity contribution in [3.63, 3.8) is 0 Å². The van der Waals surface area contributed by atoms with Crippen LogP contribution < -0.4 is 4.90 Å². The molecule has 0 aromatic heterocycles. The zero-order chi connectivity index (χ0) is 21.8. The molecule has 0 radical (unpaired) electrons. The molecule has 0 unspecified atom stereocenters. The first-order valence-corrected chi connectivity index (χ1v) is 11.2. The summed E-state index contributed by atoms with van der Waals surface area (Å²) in [7, 11) is 0. The lowest BCUT2D eigenvalue weighted by Crippen LogP contribution is -3.08. The second-order valence-electron chi connectivity index (χ2n) is 10.7. The zero-order valence-electron chi connectivity index (χ0n) is 19.6. The smallest absolute Gasteiger partial charge is 0.103 e. The Morgan fingerprint density at radius 2 is 0.800 bits per heavy atom. The summed E-state index contributed by atoms with van der Waals surface area (Å²) >= 11 is 0. The van der Waals surface area contributed by atoms with Gasteiger partial charge in [-0.05, 0) is 22.0 Å². The monoisotopic (exact) mass is 400 g/mol. The van der Waals surface area contributed by atoms with E-state index in [0.717, 1.165) is 19.6 Å². The van der Waals surface area contributed by atoms with Crippen LogP contribution in [0.4, 0.5) is 0 Å². The summed E-state index contributed by atoms with van der Waals surface area (Å²) in [5, 5.41) is 0. The van der Waals surface area contributed by atoms with Gasteiger partial charge < -0.3 is 4.90 Å². The maximum absolute atomic E-state index is 2.31. The fourth-order valence-corrected chi connectivity index (χ4v) is 3.89. The third-order valence-electron chi connectivity index (χ3n) is 5.85. The van der Waals surface area contributed by atoms with Gasteiger partial charge in [0.1, 0.15) is 19.6 Å². The second-order valence-corrected chi connectivity index (χ2v) is 10.7. The van der Waals surface area contributed by atoms with Crippen molar-refractivity contribution in [2.75, 3.05) is 0 Å². The van der Waals surface area contributed by atoms with Gasteiger partial charge >= 0.3 is 0 Å². The molecular weight excluding hydrogens is 362 g/mol. The standard InChI is InChI=1S/C29H37N/c1-28(2,3)26-16-12-24(13-17-26)21-30(20-23-10-8-7-9-11-23)22-25-14-18-27(19-15-25)29(4,5)6/h7-19H,20-22H2,1-6H3/p+1. The van der Waals surface area contributed by atoms with Crippen molar-refractivity contribution >= 4 is 0 Å². The normalized spacial score (nSPS) is 12.4. The van der Waals surface area contributed by atoms with Gasteiger partial charge in [0.15, 0.2) is 0 Å². The van der Waals surface area contributed by atoms with Crippen LogP contribution >= 0.6 is 0 Å². The summed E-state index contributed by atoms with van der Waals surface area (Å²) in [6.45, 7) is 16.7. The van der Waals surface area contributed by atoms with E-state index in [2.05, 4.69) is 120 Å². The van der Waals surface area contributed by atoms with Crippen molar-refractivity contribution in [2.45, 2.75) is 72.0 Å². The molecule has 0 bridgehead atoms.